The number of halogens is 1. The summed E-state index contributed by atoms with van der Waals surface area (Å²) in [5.74, 6) is 0.145. The molecule has 0 saturated heterocycles. The third kappa shape index (κ3) is 4.58. The largest absolute Gasteiger partial charge is 0.495 e. The summed E-state index contributed by atoms with van der Waals surface area (Å²) in [5, 5.41) is 8.41. The molecular weight excluding hydrogens is 353 g/mol. The van der Waals surface area contributed by atoms with Crippen molar-refractivity contribution in [3.8, 4) is 5.75 Å². The maximum atomic E-state index is 12.9. The van der Waals surface area contributed by atoms with E-state index in [0.717, 1.165) is 11.3 Å². The van der Waals surface area contributed by atoms with Crippen molar-refractivity contribution in [1.82, 2.24) is 4.98 Å². The van der Waals surface area contributed by atoms with Crippen molar-refractivity contribution < 1.29 is 13.9 Å². The van der Waals surface area contributed by atoms with Gasteiger partial charge in [-0.3, -0.25) is 4.79 Å². The molecule has 0 bridgehead atoms. The van der Waals surface area contributed by atoms with E-state index < -0.39 is 0 Å². The zero-order valence-corrected chi connectivity index (χ0v) is 15.2. The van der Waals surface area contributed by atoms with E-state index in [0.29, 0.717) is 22.3 Å². The van der Waals surface area contributed by atoms with Crippen LogP contribution in [0.25, 0.3) is 0 Å². The van der Waals surface area contributed by atoms with E-state index in [2.05, 4.69) is 15.6 Å². The highest BCUT2D eigenvalue weighted by molar-refractivity contribution is 7.13. The highest BCUT2D eigenvalue weighted by Gasteiger charge is 2.11. The monoisotopic (exact) mass is 371 g/mol. The number of methoxy groups -OCH3 is 1. The number of nitrogens with zero attached hydrogens (tertiary/aromatic N) is 1. The molecule has 3 aromatic rings. The third-order valence-electron chi connectivity index (χ3n) is 3.62. The molecule has 2 N–H and O–H groups in total. The summed E-state index contributed by atoms with van der Waals surface area (Å²) in [4.78, 5) is 16.7. The lowest BCUT2D eigenvalue weighted by molar-refractivity contribution is -0.115. The lowest BCUT2D eigenvalue weighted by Gasteiger charge is -2.10. The van der Waals surface area contributed by atoms with Gasteiger partial charge in [-0.2, -0.15) is 0 Å². The second-order valence-corrected chi connectivity index (χ2v) is 6.56. The summed E-state index contributed by atoms with van der Waals surface area (Å²) in [6.45, 7) is 1.95. The van der Waals surface area contributed by atoms with E-state index in [4.69, 9.17) is 4.74 Å². The average Bonchev–Trinajstić information content (AvgIpc) is 3.04. The Morgan fingerprint density at radius 1 is 1.23 bits per heavy atom. The van der Waals surface area contributed by atoms with Gasteiger partial charge in [-0.15, -0.1) is 11.3 Å². The molecule has 26 heavy (non-hydrogen) atoms. The van der Waals surface area contributed by atoms with Gasteiger partial charge in [0, 0.05) is 11.1 Å². The molecule has 0 spiro atoms. The molecule has 0 saturated carbocycles. The first-order valence-electron chi connectivity index (χ1n) is 7.95. The van der Waals surface area contributed by atoms with Gasteiger partial charge in [0.15, 0.2) is 5.13 Å². The summed E-state index contributed by atoms with van der Waals surface area (Å²) in [5.41, 5.74) is 3.06. The topological polar surface area (TPSA) is 63.2 Å². The number of nitrogens with one attached hydrogen (secondary N) is 2. The zero-order chi connectivity index (χ0) is 18.5. The number of ether oxygens (including phenoxy) is 1. The molecule has 0 fully saturated rings. The van der Waals surface area contributed by atoms with Crippen molar-refractivity contribution >= 4 is 33.8 Å². The van der Waals surface area contributed by atoms with Gasteiger partial charge in [0.05, 0.1) is 24.9 Å². The number of carbonyl (C=O) groups is 1. The third-order valence-corrected chi connectivity index (χ3v) is 4.42. The van der Waals surface area contributed by atoms with Crippen molar-refractivity contribution in [3.05, 3.63) is 64.9 Å². The van der Waals surface area contributed by atoms with Gasteiger partial charge in [-0.25, -0.2) is 9.37 Å². The summed E-state index contributed by atoms with van der Waals surface area (Å²) in [6, 6.07) is 11.6. The molecular formula is C19H18FN3O2S. The molecule has 134 valence electrons. The molecule has 0 unspecified atom stereocenters. The highest BCUT2D eigenvalue weighted by atomic mass is 32.1. The summed E-state index contributed by atoms with van der Waals surface area (Å²) < 4.78 is 18.2. The van der Waals surface area contributed by atoms with Gasteiger partial charge >= 0.3 is 0 Å². The molecule has 0 aliphatic heterocycles. The molecule has 0 atom stereocenters. The first-order chi connectivity index (χ1) is 12.5. The Bertz CT molecular complexity index is 909. The minimum atomic E-state index is -0.293. The van der Waals surface area contributed by atoms with Crippen LogP contribution in [0.15, 0.2) is 47.8 Å². The molecule has 1 amide bonds. The fraction of sp³-hybridized carbons (Fsp3) is 0.158. The highest BCUT2D eigenvalue weighted by Crippen LogP contribution is 2.26. The van der Waals surface area contributed by atoms with Crippen LogP contribution in [-0.2, 0) is 11.2 Å². The second-order valence-electron chi connectivity index (χ2n) is 5.70. The fourth-order valence-electron chi connectivity index (χ4n) is 2.38. The van der Waals surface area contributed by atoms with E-state index in [1.54, 1.807) is 19.2 Å². The van der Waals surface area contributed by atoms with Crippen LogP contribution in [0.5, 0.6) is 5.75 Å². The predicted octanol–water partition coefficient (Wildman–Crippen LogP) is 4.52. The molecule has 7 heteroatoms. The number of carbonyl (C=O) groups excluding carboxylic acids is 1. The number of hydrogen-bond donors (Lipinski definition) is 2. The number of anilines is 3. The number of hydrogen-bond acceptors (Lipinski definition) is 5. The summed E-state index contributed by atoms with van der Waals surface area (Å²) in [6.07, 6.45) is 0.151. The van der Waals surface area contributed by atoms with Crippen LogP contribution in [0.4, 0.5) is 20.9 Å². The predicted molar refractivity (Wildman–Crippen MR) is 102 cm³/mol. The smallest absolute Gasteiger partial charge is 0.230 e. The molecule has 5 nitrogen and oxygen atoms in total. The Labute approximate surface area is 154 Å². The Balaban J connectivity index is 1.62. The maximum absolute atomic E-state index is 12.9. The maximum Gasteiger partial charge on any atom is 0.230 e. The second kappa shape index (κ2) is 7.97. The first kappa shape index (κ1) is 17.9. The zero-order valence-electron chi connectivity index (χ0n) is 14.4. The van der Waals surface area contributed by atoms with E-state index in [1.165, 1.54) is 23.5 Å². The van der Waals surface area contributed by atoms with E-state index in [9.17, 15) is 9.18 Å². The molecule has 2 aromatic carbocycles. The summed E-state index contributed by atoms with van der Waals surface area (Å²) >= 11 is 1.39. The van der Waals surface area contributed by atoms with Gasteiger partial charge in [-0.05, 0) is 48.9 Å². The van der Waals surface area contributed by atoms with E-state index in [1.807, 2.05) is 30.5 Å². The Morgan fingerprint density at radius 2 is 2.00 bits per heavy atom. The number of aromatic nitrogens is 1. The van der Waals surface area contributed by atoms with Crippen LogP contribution in [-0.4, -0.2) is 18.0 Å². The first-order valence-corrected chi connectivity index (χ1v) is 8.83. The SMILES string of the molecule is COc1ccc(C)cc1NC(=O)Cc1csc(Nc2ccc(F)cc2)n1. The molecule has 0 aliphatic rings. The van der Waals surface area contributed by atoms with Crippen molar-refractivity contribution in [2.75, 3.05) is 17.7 Å². The van der Waals surface area contributed by atoms with Gasteiger partial charge in [0.1, 0.15) is 11.6 Å². The fourth-order valence-corrected chi connectivity index (χ4v) is 3.11. The van der Waals surface area contributed by atoms with Gasteiger partial charge in [0.2, 0.25) is 5.91 Å². The number of benzene rings is 2. The van der Waals surface area contributed by atoms with Crippen molar-refractivity contribution in [2.24, 2.45) is 0 Å². The normalized spacial score (nSPS) is 10.4. The van der Waals surface area contributed by atoms with E-state index >= 15 is 0 Å². The standard InChI is InChI=1S/C19H18FN3O2S/c1-12-3-8-17(25-2)16(9-12)23-18(24)10-15-11-26-19(22-15)21-14-6-4-13(20)5-7-14/h3-9,11H,10H2,1-2H3,(H,21,22)(H,23,24). The number of aryl methyl sites for hydroxylation is 1. The minimum absolute atomic E-state index is 0.151. The summed E-state index contributed by atoms with van der Waals surface area (Å²) in [7, 11) is 1.56. The van der Waals surface area contributed by atoms with Crippen LogP contribution in [0, 0.1) is 12.7 Å². The molecule has 1 aromatic heterocycles. The van der Waals surface area contributed by atoms with Gasteiger partial charge in [0.25, 0.3) is 0 Å². The van der Waals surface area contributed by atoms with Crippen LogP contribution in [0.3, 0.4) is 0 Å². The minimum Gasteiger partial charge on any atom is -0.495 e. The molecule has 0 radical (unpaired) electrons. The molecule has 1 heterocycles. The Hall–Kier alpha value is -2.93. The molecule has 0 aliphatic carbocycles. The molecule has 3 rings (SSSR count). The van der Waals surface area contributed by atoms with Gasteiger partial charge < -0.3 is 15.4 Å². The van der Waals surface area contributed by atoms with E-state index in [-0.39, 0.29) is 18.1 Å². The number of thiazole rings is 1. The van der Waals surface area contributed by atoms with Crippen LogP contribution < -0.4 is 15.4 Å². The van der Waals surface area contributed by atoms with Crippen molar-refractivity contribution in [2.45, 2.75) is 13.3 Å². The Kier molecular flexibility index (Phi) is 5.48. The van der Waals surface area contributed by atoms with Crippen molar-refractivity contribution in [1.29, 1.82) is 0 Å². The average molecular weight is 371 g/mol. The quantitative estimate of drug-likeness (QED) is 0.668. The number of amides is 1. The van der Waals surface area contributed by atoms with Crippen molar-refractivity contribution in [3.63, 3.8) is 0 Å². The van der Waals surface area contributed by atoms with Crippen LogP contribution in [0.1, 0.15) is 11.3 Å². The van der Waals surface area contributed by atoms with Crippen LogP contribution in [0.2, 0.25) is 0 Å². The lowest BCUT2D eigenvalue weighted by atomic mass is 10.2. The lowest BCUT2D eigenvalue weighted by Crippen LogP contribution is -2.15. The van der Waals surface area contributed by atoms with Crippen LogP contribution >= 0.6 is 11.3 Å². The number of rotatable bonds is 6. The Morgan fingerprint density at radius 3 is 2.73 bits per heavy atom. The van der Waals surface area contributed by atoms with Gasteiger partial charge in [-0.1, -0.05) is 6.07 Å².